The van der Waals surface area contributed by atoms with Crippen molar-refractivity contribution < 1.29 is 14.7 Å². The van der Waals surface area contributed by atoms with Crippen molar-refractivity contribution in [1.82, 2.24) is 5.32 Å². The van der Waals surface area contributed by atoms with Crippen molar-refractivity contribution in [3.8, 4) is 0 Å². The highest BCUT2D eigenvalue weighted by molar-refractivity contribution is 5.87. The molecule has 0 saturated carbocycles. The summed E-state index contributed by atoms with van der Waals surface area (Å²) < 4.78 is 0. The van der Waals surface area contributed by atoms with E-state index < -0.39 is 17.4 Å². The molecule has 5 nitrogen and oxygen atoms in total. The highest BCUT2D eigenvalue weighted by Gasteiger charge is 2.31. The third-order valence-electron chi connectivity index (χ3n) is 3.46. The molecule has 0 aliphatic carbocycles. The lowest BCUT2D eigenvalue weighted by Crippen LogP contribution is -2.50. The van der Waals surface area contributed by atoms with Crippen LogP contribution in [0.1, 0.15) is 32.8 Å². The van der Waals surface area contributed by atoms with Crippen molar-refractivity contribution in [3.05, 3.63) is 35.9 Å². The lowest BCUT2D eigenvalue weighted by atomic mass is 9.91. The lowest BCUT2D eigenvalue weighted by Gasteiger charge is -2.25. The largest absolute Gasteiger partial charge is 0.481 e. The van der Waals surface area contributed by atoms with E-state index in [2.05, 4.69) is 5.32 Å². The fraction of sp³-hybridized carbons (Fsp3) is 0.500. The molecular weight excluding hydrogens is 268 g/mol. The van der Waals surface area contributed by atoms with Crippen molar-refractivity contribution in [2.45, 2.75) is 32.7 Å². The molecule has 1 aromatic carbocycles. The first-order chi connectivity index (χ1) is 9.75. The molecule has 2 atom stereocenters. The van der Waals surface area contributed by atoms with Gasteiger partial charge in [0.15, 0.2) is 0 Å². The molecule has 0 aliphatic rings. The molecule has 116 valence electrons. The molecule has 1 aromatic rings. The SMILES string of the molecule is CC(C)CC(CNC(=O)C(C)(N)c1ccccc1)C(=O)O. The zero-order chi connectivity index (χ0) is 16.0. The predicted octanol–water partition coefficient (Wildman–Crippen LogP) is 1.72. The van der Waals surface area contributed by atoms with Gasteiger partial charge in [0, 0.05) is 6.54 Å². The molecule has 0 heterocycles. The second-order valence-corrected chi connectivity index (χ2v) is 5.94. The number of nitrogens with two attached hydrogens (primary N) is 1. The molecular formula is C16H24N2O3. The van der Waals surface area contributed by atoms with Crippen LogP contribution in [-0.2, 0) is 15.1 Å². The Morgan fingerprint density at radius 1 is 1.29 bits per heavy atom. The van der Waals surface area contributed by atoms with Crippen LogP contribution in [-0.4, -0.2) is 23.5 Å². The van der Waals surface area contributed by atoms with Gasteiger partial charge in [-0.2, -0.15) is 0 Å². The van der Waals surface area contributed by atoms with Crippen LogP contribution < -0.4 is 11.1 Å². The van der Waals surface area contributed by atoms with Gasteiger partial charge in [-0.1, -0.05) is 44.2 Å². The van der Waals surface area contributed by atoms with E-state index in [1.165, 1.54) is 0 Å². The number of carboxylic acid groups (broad SMARTS) is 1. The van der Waals surface area contributed by atoms with Crippen LogP contribution in [0.4, 0.5) is 0 Å². The van der Waals surface area contributed by atoms with E-state index in [4.69, 9.17) is 5.73 Å². The van der Waals surface area contributed by atoms with Crippen LogP contribution >= 0.6 is 0 Å². The van der Waals surface area contributed by atoms with Gasteiger partial charge in [0.1, 0.15) is 5.54 Å². The zero-order valence-corrected chi connectivity index (χ0v) is 12.8. The average Bonchev–Trinajstić information content (AvgIpc) is 2.43. The maximum absolute atomic E-state index is 12.2. The van der Waals surface area contributed by atoms with Gasteiger partial charge in [-0.15, -0.1) is 0 Å². The van der Waals surface area contributed by atoms with E-state index in [1.54, 1.807) is 19.1 Å². The van der Waals surface area contributed by atoms with Gasteiger partial charge in [0.2, 0.25) is 5.91 Å². The third-order valence-corrected chi connectivity index (χ3v) is 3.46. The molecule has 0 spiro atoms. The van der Waals surface area contributed by atoms with E-state index in [0.29, 0.717) is 12.0 Å². The minimum Gasteiger partial charge on any atom is -0.481 e. The third kappa shape index (κ3) is 4.86. The van der Waals surface area contributed by atoms with Gasteiger partial charge in [0.25, 0.3) is 0 Å². The zero-order valence-electron chi connectivity index (χ0n) is 12.8. The Kier molecular flexibility index (Phi) is 5.90. The number of amides is 1. The summed E-state index contributed by atoms with van der Waals surface area (Å²) in [5, 5.41) is 11.8. The molecule has 5 heteroatoms. The number of rotatable bonds is 7. The minimum absolute atomic E-state index is 0.0893. The second-order valence-electron chi connectivity index (χ2n) is 5.94. The number of aliphatic carboxylic acids is 1. The highest BCUT2D eigenvalue weighted by atomic mass is 16.4. The Hall–Kier alpha value is -1.88. The number of hydrogen-bond acceptors (Lipinski definition) is 3. The number of carbonyl (C=O) groups excluding carboxylic acids is 1. The first-order valence-corrected chi connectivity index (χ1v) is 7.10. The van der Waals surface area contributed by atoms with Crippen LogP contribution in [0.3, 0.4) is 0 Å². The summed E-state index contributed by atoms with van der Waals surface area (Å²) in [6.45, 7) is 5.62. The summed E-state index contributed by atoms with van der Waals surface area (Å²) >= 11 is 0. The Bertz CT molecular complexity index is 484. The average molecular weight is 292 g/mol. The smallest absolute Gasteiger partial charge is 0.308 e. The molecule has 0 fully saturated rings. The number of carbonyl (C=O) groups is 2. The van der Waals surface area contributed by atoms with Crippen molar-refractivity contribution >= 4 is 11.9 Å². The van der Waals surface area contributed by atoms with Crippen LogP contribution in [0.2, 0.25) is 0 Å². The van der Waals surface area contributed by atoms with E-state index in [1.807, 2.05) is 32.0 Å². The lowest BCUT2D eigenvalue weighted by molar-refractivity contribution is -0.142. The summed E-state index contributed by atoms with van der Waals surface area (Å²) in [7, 11) is 0. The molecule has 0 aromatic heterocycles. The van der Waals surface area contributed by atoms with Crippen LogP contribution in [0.25, 0.3) is 0 Å². The van der Waals surface area contributed by atoms with E-state index >= 15 is 0 Å². The van der Waals surface area contributed by atoms with Crippen LogP contribution in [0.5, 0.6) is 0 Å². The Morgan fingerprint density at radius 3 is 2.33 bits per heavy atom. The number of benzene rings is 1. The molecule has 0 aliphatic heterocycles. The fourth-order valence-electron chi connectivity index (χ4n) is 2.16. The first-order valence-electron chi connectivity index (χ1n) is 7.10. The summed E-state index contributed by atoms with van der Waals surface area (Å²) in [6.07, 6.45) is 0.516. The Morgan fingerprint density at radius 2 is 1.86 bits per heavy atom. The molecule has 0 saturated heterocycles. The summed E-state index contributed by atoms with van der Waals surface area (Å²) in [5.74, 6) is -1.62. The summed E-state index contributed by atoms with van der Waals surface area (Å²) in [5.41, 5.74) is 5.60. The monoisotopic (exact) mass is 292 g/mol. The molecule has 4 N–H and O–H groups in total. The van der Waals surface area contributed by atoms with E-state index in [0.717, 1.165) is 0 Å². The molecule has 0 bridgehead atoms. The quantitative estimate of drug-likeness (QED) is 0.713. The number of nitrogens with one attached hydrogen (secondary N) is 1. The number of hydrogen-bond donors (Lipinski definition) is 3. The first kappa shape index (κ1) is 17.2. The highest BCUT2D eigenvalue weighted by Crippen LogP contribution is 2.18. The molecule has 1 amide bonds. The maximum Gasteiger partial charge on any atom is 0.308 e. The van der Waals surface area contributed by atoms with Crippen LogP contribution in [0.15, 0.2) is 30.3 Å². The van der Waals surface area contributed by atoms with Crippen molar-refractivity contribution in [1.29, 1.82) is 0 Å². The van der Waals surface area contributed by atoms with Gasteiger partial charge in [-0.3, -0.25) is 9.59 Å². The number of carboxylic acids is 1. The van der Waals surface area contributed by atoms with Gasteiger partial charge in [-0.25, -0.2) is 0 Å². The van der Waals surface area contributed by atoms with Gasteiger partial charge in [0.05, 0.1) is 5.92 Å². The standard InChI is InChI=1S/C16H24N2O3/c1-11(2)9-12(14(19)20)10-18-15(21)16(3,17)13-7-5-4-6-8-13/h4-8,11-12H,9-10,17H2,1-3H3,(H,18,21)(H,19,20). The Labute approximate surface area is 125 Å². The summed E-state index contributed by atoms with van der Waals surface area (Å²) in [4.78, 5) is 23.4. The minimum atomic E-state index is -1.18. The van der Waals surface area contributed by atoms with Crippen LogP contribution in [0, 0.1) is 11.8 Å². The van der Waals surface area contributed by atoms with Crippen molar-refractivity contribution in [3.63, 3.8) is 0 Å². The van der Waals surface area contributed by atoms with Crippen molar-refractivity contribution in [2.75, 3.05) is 6.54 Å². The fourth-order valence-corrected chi connectivity index (χ4v) is 2.16. The van der Waals surface area contributed by atoms with Gasteiger partial charge >= 0.3 is 5.97 Å². The maximum atomic E-state index is 12.2. The normalized spacial score (nSPS) is 15.3. The molecule has 0 radical (unpaired) electrons. The second kappa shape index (κ2) is 7.22. The molecule has 1 rings (SSSR count). The van der Waals surface area contributed by atoms with Gasteiger partial charge < -0.3 is 16.2 Å². The molecule has 2 unspecified atom stereocenters. The van der Waals surface area contributed by atoms with Gasteiger partial charge in [-0.05, 0) is 24.8 Å². The molecule has 21 heavy (non-hydrogen) atoms. The Balaban J connectivity index is 2.69. The van der Waals surface area contributed by atoms with Crippen molar-refractivity contribution in [2.24, 2.45) is 17.6 Å². The summed E-state index contributed by atoms with van der Waals surface area (Å²) in [6, 6.07) is 9.03. The topological polar surface area (TPSA) is 92.4 Å². The van der Waals surface area contributed by atoms with E-state index in [9.17, 15) is 14.7 Å². The predicted molar refractivity (Wildman–Crippen MR) is 81.6 cm³/mol. The van der Waals surface area contributed by atoms with E-state index in [-0.39, 0.29) is 18.4 Å².